The Morgan fingerprint density at radius 3 is 2.60 bits per heavy atom. The van der Waals surface area contributed by atoms with Crippen LogP contribution in [0.4, 0.5) is 0 Å². The summed E-state index contributed by atoms with van der Waals surface area (Å²) in [6, 6.07) is 0. The van der Waals surface area contributed by atoms with Crippen molar-refractivity contribution in [1.29, 1.82) is 0 Å². The largest absolute Gasteiger partial charge is 0.458 e. The molecule has 9 heteroatoms. The van der Waals surface area contributed by atoms with Crippen molar-refractivity contribution >= 4 is 5.97 Å². The predicted molar refractivity (Wildman–Crippen MR) is 102 cm³/mol. The first kappa shape index (κ1) is 21.9. The Labute approximate surface area is 174 Å². The van der Waals surface area contributed by atoms with E-state index in [9.17, 15) is 30.3 Å². The molecule has 0 amide bonds. The summed E-state index contributed by atoms with van der Waals surface area (Å²) in [7, 11) is 0. The van der Waals surface area contributed by atoms with Gasteiger partial charge in [-0.25, -0.2) is 4.79 Å². The van der Waals surface area contributed by atoms with Crippen molar-refractivity contribution in [1.82, 2.24) is 0 Å². The van der Waals surface area contributed by atoms with Gasteiger partial charge in [0.25, 0.3) is 0 Å². The predicted octanol–water partition coefficient (Wildman–Crippen LogP) is -0.994. The highest BCUT2D eigenvalue weighted by atomic mass is 16.7. The van der Waals surface area contributed by atoms with Crippen LogP contribution in [0.25, 0.3) is 0 Å². The molecule has 5 N–H and O–H groups in total. The number of ether oxygens (including phenoxy) is 3. The molecule has 2 heterocycles. The molecule has 9 nitrogen and oxygen atoms in total. The van der Waals surface area contributed by atoms with Gasteiger partial charge < -0.3 is 39.7 Å². The minimum absolute atomic E-state index is 0.0953. The van der Waals surface area contributed by atoms with Gasteiger partial charge in [0.1, 0.15) is 30.5 Å². The SMILES string of the molecule is C=C1C(=O)O[C@@H]2[C@H]3C(C)=C[C@@H](O)[C@@H](O[C@H]4O[C@H](CO)[C@H](O)[C@@H](O)[C@H]4O)[C@]3(C)CC[C@@H]12. The van der Waals surface area contributed by atoms with Gasteiger partial charge in [0.05, 0.1) is 18.8 Å². The molecule has 0 aromatic heterocycles. The number of fused-ring (bicyclic) bond motifs is 3. The number of esters is 1. The van der Waals surface area contributed by atoms with Gasteiger partial charge in [0.2, 0.25) is 0 Å². The summed E-state index contributed by atoms with van der Waals surface area (Å²) in [6.07, 6.45) is -6.46. The molecule has 4 rings (SSSR count). The summed E-state index contributed by atoms with van der Waals surface area (Å²) in [5.74, 6) is -0.723. The van der Waals surface area contributed by atoms with Crippen molar-refractivity contribution in [2.45, 2.75) is 75.7 Å². The van der Waals surface area contributed by atoms with E-state index in [1.165, 1.54) is 0 Å². The van der Waals surface area contributed by atoms with E-state index >= 15 is 0 Å². The zero-order valence-electron chi connectivity index (χ0n) is 17.0. The number of carbonyl (C=O) groups is 1. The molecular weight excluding hydrogens is 396 g/mol. The van der Waals surface area contributed by atoms with Gasteiger partial charge in [0.15, 0.2) is 6.29 Å². The average Bonchev–Trinajstić information content (AvgIpc) is 2.98. The van der Waals surface area contributed by atoms with Gasteiger partial charge in [-0.3, -0.25) is 0 Å². The molecule has 3 fully saturated rings. The van der Waals surface area contributed by atoms with Crippen LogP contribution in [0.3, 0.4) is 0 Å². The van der Waals surface area contributed by atoms with Crippen molar-refractivity contribution in [3.8, 4) is 0 Å². The van der Waals surface area contributed by atoms with E-state index in [0.29, 0.717) is 18.4 Å². The lowest BCUT2D eigenvalue weighted by Crippen LogP contribution is -2.63. The molecule has 2 saturated heterocycles. The summed E-state index contributed by atoms with van der Waals surface area (Å²) >= 11 is 0. The lowest BCUT2D eigenvalue weighted by Gasteiger charge is -2.55. The van der Waals surface area contributed by atoms with Crippen LogP contribution in [-0.4, -0.2) is 87.1 Å². The maximum atomic E-state index is 12.1. The number of aliphatic hydroxyl groups is 5. The second-order valence-corrected chi connectivity index (χ2v) is 9.18. The second-order valence-electron chi connectivity index (χ2n) is 9.18. The summed E-state index contributed by atoms with van der Waals surface area (Å²) in [4.78, 5) is 12.1. The van der Waals surface area contributed by atoms with E-state index in [2.05, 4.69) is 6.58 Å². The first-order valence-corrected chi connectivity index (χ1v) is 10.3. The third kappa shape index (κ3) is 3.15. The van der Waals surface area contributed by atoms with E-state index < -0.39 is 67.0 Å². The Hall–Kier alpha value is -1.33. The fraction of sp³-hybridized carbons (Fsp3) is 0.762. The highest BCUT2D eigenvalue weighted by Crippen LogP contribution is 2.57. The second kappa shape index (κ2) is 7.67. The first-order chi connectivity index (χ1) is 14.1. The third-order valence-corrected chi connectivity index (χ3v) is 7.40. The molecule has 0 unspecified atom stereocenters. The van der Waals surface area contributed by atoms with Crippen LogP contribution in [0.5, 0.6) is 0 Å². The van der Waals surface area contributed by atoms with Crippen molar-refractivity contribution in [3.63, 3.8) is 0 Å². The van der Waals surface area contributed by atoms with Gasteiger partial charge in [-0.15, -0.1) is 0 Å². The van der Waals surface area contributed by atoms with E-state index in [4.69, 9.17) is 14.2 Å². The van der Waals surface area contributed by atoms with Gasteiger partial charge >= 0.3 is 5.97 Å². The first-order valence-electron chi connectivity index (χ1n) is 10.3. The number of carbonyl (C=O) groups excluding carboxylic acids is 1. The highest BCUT2D eigenvalue weighted by molar-refractivity contribution is 5.91. The average molecular weight is 426 g/mol. The fourth-order valence-electron chi connectivity index (χ4n) is 5.78. The maximum Gasteiger partial charge on any atom is 0.334 e. The van der Waals surface area contributed by atoms with Crippen LogP contribution < -0.4 is 0 Å². The van der Waals surface area contributed by atoms with Gasteiger partial charge in [-0.05, 0) is 19.8 Å². The summed E-state index contributed by atoms with van der Waals surface area (Å²) in [6.45, 7) is 7.13. The summed E-state index contributed by atoms with van der Waals surface area (Å²) < 4.78 is 17.1. The molecule has 11 atom stereocenters. The highest BCUT2D eigenvalue weighted by Gasteiger charge is 2.60. The van der Waals surface area contributed by atoms with Crippen LogP contribution in [0.1, 0.15) is 26.7 Å². The quantitative estimate of drug-likeness (QED) is 0.218. The van der Waals surface area contributed by atoms with Crippen LogP contribution in [0.2, 0.25) is 0 Å². The van der Waals surface area contributed by atoms with Crippen LogP contribution >= 0.6 is 0 Å². The summed E-state index contributed by atoms with van der Waals surface area (Å²) in [5.41, 5.74) is 0.701. The zero-order chi connectivity index (χ0) is 22.0. The molecule has 4 aliphatic rings. The van der Waals surface area contributed by atoms with Gasteiger partial charge in [0, 0.05) is 22.8 Å². The van der Waals surface area contributed by atoms with Crippen LogP contribution in [0, 0.1) is 17.3 Å². The number of hydrogen-bond donors (Lipinski definition) is 5. The van der Waals surface area contributed by atoms with Crippen LogP contribution in [0.15, 0.2) is 23.8 Å². The molecule has 30 heavy (non-hydrogen) atoms. The Kier molecular flexibility index (Phi) is 5.59. The Morgan fingerprint density at radius 2 is 1.93 bits per heavy atom. The normalized spacial score (nSPS) is 51.1. The minimum atomic E-state index is -1.57. The molecule has 1 saturated carbocycles. The fourth-order valence-corrected chi connectivity index (χ4v) is 5.78. The smallest absolute Gasteiger partial charge is 0.334 e. The van der Waals surface area contributed by atoms with E-state index in [1.807, 2.05) is 13.8 Å². The topological polar surface area (TPSA) is 146 Å². The molecular formula is C21H30O9. The van der Waals surface area contributed by atoms with Crippen molar-refractivity contribution in [2.24, 2.45) is 17.3 Å². The summed E-state index contributed by atoms with van der Waals surface area (Å²) in [5, 5.41) is 50.7. The van der Waals surface area contributed by atoms with E-state index in [1.54, 1.807) is 6.08 Å². The molecule has 168 valence electrons. The van der Waals surface area contributed by atoms with Gasteiger partial charge in [-0.1, -0.05) is 25.2 Å². The molecule has 0 bridgehead atoms. The van der Waals surface area contributed by atoms with E-state index in [-0.39, 0.29) is 11.8 Å². The van der Waals surface area contributed by atoms with Crippen molar-refractivity contribution in [3.05, 3.63) is 23.8 Å². The number of hydrogen-bond acceptors (Lipinski definition) is 9. The molecule has 2 aliphatic heterocycles. The lowest BCUT2D eigenvalue weighted by atomic mass is 9.55. The maximum absolute atomic E-state index is 12.1. The van der Waals surface area contributed by atoms with Crippen molar-refractivity contribution < 1.29 is 44.5 Å². The Morgan fingerprint density at radius 1 is 1.23 bits per heavy atom. The number of aliphatic hydroxyl groups excluding tert-OH is 5. The molecule has 0 aromatic carbocycles. The lowest BCUT2D eigenvalue weighted by molar-refractivity contribution is -0.330. The number of rotatable bonds is 3. The van der Waals surface area contributed by atoms with E-state index in [0.717, 1.165) is 5.57 Å². The monoisotopic (exact) mass is 426 g/mol. The third-order valence-electron chi connectivity index (χ3n) is 7.40. The van der Waals surface area contributed by atoms with Crippen molar-refractivity contribution in [2.75, 3.05) is 6.61 Å². The van der Waals surface area contributed by atoms with Crippen LogP contribution in [-0.2, 0) is 19.0 Å². The minimum Gasteiger partial charge on any atom is -0.458 e. The molecule has 0 spiro atoms. The Bertz CT molecular complexity index is 749. The molecule has 0 aromatic rings. The zero-order valence-corrected chi connectivity index (χ0v) is 17.0. The standard InChI is InChI=1S/C21H30O9/c1-8-6-11(23)18(30-20-16(26)15(25)14(24)12(7-22)28-20)21(3)5-4-10-9(2)19(27)29-17(10)13(8)21/h6,10-18,20,22-26H,2,4-5,7H2,1,3H3/t10-,11+,12+,13+,14-,15+,16+,17-,18+,20+,21+/m0/s1. The van der Waals surface area contributed by atoms with Gasteiger partial charge in [-0.2, -0.15) is 0 Å². The molecule has 0 radical (unpaired) electrons. The molecule has 2 aliphatic carbocycles. The Balaban J connectivity index is 1.63.